The van der Waals surface area contributed by atoms with Crippen LogP contribution < -0.4 is 10.6 Å². The molecule has 2 N–H and O–H groups in total. The maximum absolute atomic E-state index is 6.24. The highest BCUT2D eigenvalue weighted by atomic mass is 35.5. The van der Waals surface area contributed by atoms with E-state index < -0.39 is 0 Å². The predicted molar refractivity (Wildman–Crippen MR) is 108 cm³/mol. The minimum Gasteiger partial charge on any atom is -0.382 e. The Morgan fingerprint density at radius 1 is 1.33 bits per heavy atom. The number of aryl methyl sites for hydroxylation is 1. The molecule has 2 fully saturated rings. The van der Waals surface area contributed by atoms with Crippen LogP contribution in [0.2, 0.25) is 5.02 Å². The fraction of sp³-hybridized carbons (Fsp3) is 0.526. The molecule has 6 nitrogen and oxygen atoms in total. The number of nitrogens with zero attached hydrogens (tertiary/aromatic N) is 4. The molecule has 0 aliphatic carbocycles. The molecular formula is C19H24ClN5OS. The zero-order valence-corrected chi connectivity index (χ0v) is 17.2. The summed E-state index contributed by atoms with van der Waals surface area (Å²) in [4.78, 5) is 16.6. The van der Waals surface area contributed by atoms with Gasteiger partial charge in [-0.05, 0) is 44.6 Å². The Labute approximate surface area is 168 Å². The molecule has 2 aromatic heterocycles. The molecule has 0 aromatic carbocycles. The lowest BCUT2D eigenvalue weighted by atomic mass is 9.77. The summed E-state index contributed by atoms with van der Waals surface area (Å²) in [5.41, 5.74) is 7.04. The number of pyridine rings is 1. The Kier molecular flexibility index (Phi) is 5.18. The number of nitrogens with two attached hydrogens (primary N) is 1. The summed E-state index contributed by atoms with van der Waals surface area (Å²) in [5.74, 6) is 1.27. The van der Waals surface area contributed by atoms with Gasteiger partial charge in [0.05, 0.1) is 29.6 Å². The van der Waals surface area contributed by atoms with Gasteiger partial charge >= 0.3 is 0 Å². The van der Waals surface area contributed by atoms with Gasteiger partial charge in [-0.1, -0.05) is 23.4 Å². The molecule has 2 saturated heterocycles. The van der Waals surface area contributed by atoms with Crippen LogP contribution in [0.1, 0.15) is 31.9 Å². The number of aromatic nitrogens is 3. The summed E-state index contributed by atoms with van der Waals surface area (Å²) in [6.07, 6.45) is 7.39. The Morgan fingerprint density at radius 2 is 2.11 bits per heavy atom. The van der Waals surface area contributed by atoms with Gasteiger partial charge in [0, 0.05) is 24.2 Å². The Balaban J connectivity index is 1.45. The van der Waals surface area contributed by atoms with Gasteiger partial charge in [-0.15, -0.1) is 0 Å². The first-order valence-corrected chi connectivity index (χ1v) is 10.4. The van der Waals surface area contributed by atoms with E-state index in [0.29, 0.717) is 22.4 Å². The van der Waals surface area contributed by atoms with E-state index in [1.807, 2.05) is 19.2 Å². The second-order valence-corrected chi connectivity index (χ2v) is 8.95. The molecule has 0 bridgehead atoms. The summed E-state index contributed by atoms with van der Waals surface area (Å²) < 4.78 is 5.82. The average molecular weight is 406 g/mol. The molecule has 1 atom stereocenters. The van der Waals surface area contributed by atoms with Crippen LogP contribution in [0.25, 0.3) is 0 Å². The van der Waals surface area contributed by atoms with E-state index in [0.717, 1.165) is 54.0 Å². The minimum atomic E-state index is 0.330. The van der Waals surface area contributed by atoms with Crippen molar-refractivity contribution in [2.75, 3.05) is 30.3 Å². The smallest absolute Gasteiger partial charge is 0.147 e. The van der Waals surface area contributed by atoms with Crippen molar-refractivity contribution in [2.24, 2.45) is 5.41 Å². The lowest BCUT2D eigenvalue weighted by Gasteiger charge is -2.39. The quantitative estimate of drug-likeness (QED) is 0.827. The molecule has 4 rings (SSSR count). The number of rotatable bonds is 3. The van der Waals surface area contributed by atoms with Gasteiger partial charge in [0.2, 0.25) is 0 Å². The highest BCUT2D eigenvalue weighted by Crippen LogP contribution is 2.42. The van der Waals surface area contributed by atoms with Crippen LogP contribution in [0.4, 0.5) is 11.6 Å². The molecule has 0 saturated carbocycles. The monoisotopic (exact) mass is 405 g/mol. The summed E-state index contributed by atoms with van der Waals surface area (Å²) in [7, 11) is 0. The van der Waals surface area contributed by atoms with Gasteiger partial charge in [-0.25, -0.2) is 15.0 Å². The Bertz CT molecular complexity index is 841. The molecule has 0 amide bonds. The normalized spacial score (nSPS) is 21.7. The SMILES string of the molecule is Cc1nc(N2CCC3(CC2)CO[C@@H](C)C3)cnc1Sc1ccnc(N)c1Cl. The van der Waals surface area contributed by atoms with Crippen LogP contribution in [0, 0.1) is 12.3 Å². The number of hydrogen-bond acceptors (Lipinski definition) is 7. The van der Waals surface area contributed by atoms with Crippen molar-refractivity contribution in [3.05, 3.63) is 29.2 Å². The van der Waals surface area contributed by atoms with Gasteiger partial charge in [0.15, 0.2) is 0 Å². The van der Waals surface area contributed by atoms with Crippen molar-refractivity contribution in [1.29, 1.82) is 0 Å². The second-order valence-electron chi connectivity index (χ2n) is 7.54. The summed E-state index contributed by atoms with van der Waals surface area (Å²) in [5, 5.41) is 1.29. The highest BCUT2D eigenvalue weighted by molar-refractivity contribution is 7.99. The number of nitrogen functional groups attached to an aromatic ring is 1. The van der Waals surface area contributed by atoms with E-state index in [2.05, 4.69) is 21.8 Å². The third-order valence-electron chi connectivity index (χ3n) is 5.52. The van der Waals surface area contributed by atoms with Gasteiger partial charge in [0.1, 0.15) is 16.7 Å². The van der Waals surface area contributed by atoms with E-state index in [-0.39, 0.29) is 0 Å². The topological polar surface area (TPSA) is 77.2 Å². The largest absolute Gasteiger partial charge is 0.382 e. The number of halogens is 1. The van der Waals surface area contributed by atoms with E-state index in [4.69, 9.17) is 27.1 Å². The average Bonchev–Trinajstić information content (AvgIpc) is 3.01. The third kappa shape index (κ3) is 3.86. The van der Waals surface area contributed by atoms with Crippen LogP contribution in [0.3, 0.4) is 0 Å². The van der Waals surface area contributed by atoms with Crippen molar-refractivity contribution in [2.45, 2.75) is 49.1 Å². The first-order chi connectivity index (χ1) is 13.0. The first kappa shape index (κ1) is 18.8. The Morgan fingerprint density at radius 3 is 2.78 bits per heavy atom. The van der Waals surface area contributed by atoms with Crippen molar-refractivity contribution < 1.29 is 4.74 Å². The van der Waals surface area contributed by atoms with Crippen molar-refractivity contribution in [3.63, 3.8) is 0 Å². The van der Waals surface area contributed by atoms with Gasteiger partial charge in [-0.2, -0.15) is 0 Å². The minimum absolute atomic E-state index is 0.330. The standard InChI is InChI=1S/C19H24ClN5OS/c1-12-9-19(11-26-12)4-7-25(8-5-19)15-10-23-18(13(2)24-15)27-14-3-6-22-17(21)16(14)20/h3,6,10,12H,4-5,7-9,11H2,1-2H3,(H2,21,22)/t12-/m0/s1. The van der Waals surface area contributed by atoms with Gasteiger partial charge in [-0.3, -0.25) is 0 Å². The van der Waals surface area contributed by atoms with E-state index in [1.165, 1.54) is 18.2 Å². The second kappa shape index (κ2) is 7.45. The maximum Gasteiger partial charge on any atom is 0.147 e. The van der Waals surface area contributed by atoms with E-state index >= 15 is 0 Å². The number of ether oxygens (including phenoxy) is 1. The number of piperidine rings is 1. The fourth-order valence-electron chi connectivity index (χ4n) is 3.94. The molecule has 2 aliphatic heterocycles. The van der Waals surface area contributed by atoms with Crippen LogP contribution >= 0.6 is 23.4 Å². The highest BCUT2D eigenvalue weighted by Gasteiger charge is 2.41. The van der Waals surface area contributed by atoms with Crippen LogP contribution in [0.15, 0.2) is 28.4 Å². The van der Waals surface area contributed by atoms with Crippen LogP contribution in [-0.4, -0.2) is 40.8 Å². The van der Waals surface area contributed by atoms with Crippen molar-refractivity contribution in [3.8, 4) is 0 Å². The lowest BCUT2D eigenvalue weighted by Crippen LogP contribution is -2.41. The molecule has 2 aliphatic rings. The van der Waals surface area contributed by atoms with Crippen molar-refractivity contribution >= 4 is 35.0 Å². The van der Waals surface area contributed by atoms with E-state index in [9.17, 15) is 0 Å². The summed E-state index contributed by atoms with van der Waals surface area (Å²) in [6, 6.07) is 1.84. The zero-order chi connectivity index (χ0) is 19.0. The molecule has 1 spiro atoms. The molecule has 0 radical (unpaired) electrons. The molecule has 4 heterocycles. The fourth-order valence-corrected chi connectivity index (χ4v) is 5.00. The zero-order valence-electron chi connectivity index (χ0n) is 15.6. The lowest BCUT2D eigenvalue weighted by molar-refractivity contribution is 0.0976. The van der Waals surface area contributed by atoms with Gasteiger partial charge in [0.25, 0.3) is 0 Å². The maximum atomic E-state index is 6.24. The first-order valence-electron chi connectivity index (χ1n) is 9.24. The third-order valence-corrected chi connectivity index (χ3v) is 7.18. The summed E-state index contributed by atoms with van der Waals surface area (Å²) in [6.45, 7) is 7.06. The number of hydrogen-bond donors (Lipinski definition) is 1. The molecule has 144 valence electrons. The molecule has 27 heavy (non-hydrogen) atoms. The number of anilines is 2. The molecular weight excluding hydrogens is 382 g/mol. The van der Waals surface area contributed by atoms with Crippen molar-refractivity contribution in [1.82, 2.24) is 15.0 Å². The Hall–Kier alpha value is -1.57. The molecule has 2 aromatic rings. The van der Waals surface area contributed by atoms with Gasteiger partial charge < -0.3 is 15.4 Å². The molecule has 0 unspecified atom stereocenters. The predicted octanol–water partition coefficient (Wildman–Crippen LogP) is 3.96. The van der Waals surface area contributed by atoms with Crippen LogP contribution in [0.5, 0.6) is 0 Å². The summed E-state index contributed by atoms with van der Waals surface area (Å²) >= 11 is 7.71. The van der Waals surface area contributed by atoms with E-state index in [1.54, 1.807) is 6.20 Å². The molecule has 8 heteroatoms. The van der Waals surface area contributed by atoms with Crippen LogP contribution in [-0.2, 0) is 4.74 Å².